The zero-order chi connectivity index (χ0) is 9.68. The van der Waals surface area contributed by atoms with Crippen LogP contribution in [0.5, 0.6) is 0 Å². The summed E-state index contributed by atoms with van der Waals surface area (Å²) in [6, 6.07) is 0. The number of likely N-dealkylation sites (tertiary alicyclic amines) is 1. The fraction of sp³-hybridized carbons (Fsp3) is 0.700. The van der Waals surface area contributed by atoms with Gasteiger partial charge in [0.25, 0.3) is 0 Å². The summed E-state index contributed by atoms with van der Waals surface area (Å²) < 4.78 is 0. The van der Waals surface area contributed by atoms with Crippen LogP contribution in [0.1, 0.15) is 19.3 Å². The molecule has 0 aromatic carbocycles. The number of hydrogen-bond acceptors (Lipinski definition) is 1. The Morgan fingerprint density at radius 1 is 1.54 bits per heavy atom. The van der Waals surface area contributed by atoms with Crippen molar-refractivity contribution < 1.29 is 4.79 Å². The number of amides is 1. The first-order chi connectivity index (χ1) is 6.27. The van der Waals surface area contributed by atoms with Crippen LogP contribution in [0.4, 0.5) is 0 Å². The van der Waals surface area contributed by atoms with Crippen molar-refractivity contribution in [2.24, 2.45) is 5.92 Å². The van der Waals surface area contributed by atoms with E-state index in [1.165, 1.54) is 0 Å². The molecule has 0 aromatic rings. The van der Waals surface area contributed by atoms with Crippen molar-refractivity contribution in [2.45, 2.75) is 19.3 Å². The molecule has 1 saturated heterocycles. The highest BCUT2D eigenvalue weighted by molar-refractivity contribution is 9.09. The number of nitrogens with zero attached hydrogens (tertiary/aromatic N) is 1. The van der Waals surface area contributed by atoms with Gasteiger partial charge in [-0.25, -0.2) is 0 Å². The standard InChI is InChI=1S/C10H14BrNO/c1-2-3-9-4-6-12(7-5-9)10(13)8-11/h1,9H,3-8H2. The second kappa shape index (κ2) is 5.29. The number of alkyl halides is 1. The molecule has 0 radical (unpaired) electrons. The molecule has 1 aliphatic heterocycles. The lowest BCUT2D eigenvalue weighted by molar-refractivity contribution is -0.129. The number of carbonyl (C=O) groups is 1. The molecule has 0 saturated carbocycles. The third kappa shape index (κ3) is 3.04. The lowest BCUT2D eigenvalue weighted by Crippen LogP contribution is -2.38. The number of piperidine rings is 1. The molecule has 0 spiro atoms. The Morgan fingerprint density at radius 3 is 2.62 bits per heavy atom. The van der Waals surface area contributed by atoms with E-state index in [0.29, 0.717) is 11.2 Å². The van der Waals surface area contributed by atoms with Gasteiger partial charge < -0.3 is 4.90 Å². The molecule has 72 valence electrons. The Hall–Kier alpha value is -0.490. The number of terminal acetylenes is 1. The molecule has 1 fully saturated rings. The molecule has 2 nitrogen and oxygen atoms in total. The highest BCUT2D eigenvalue weighted by Crippen LogP contribution is 2.19. The minimum Gasteiger partial charge on any atom is -0.342 e. The second-order valence-corrected chi connectivity index (χ2v) is 3.93. The van der Waals surface area contributed by atoms with E-state index in [-0.39, 0.29) is 5.91 Å². The van der Waals surface area contributed by atoms with Crippen LogP contribution in [0.15, 0.2) is 0 Å². The molecule has 0 atom stereocenters. The van der Waals surface area contributed by atoms with Crippen LogP contribution >= 0.6 is 15.9 Å². The first-order valence-electron chi connectivity index (χ1n) is 4.55. The molecule has 0 unspecified atom stereocenters. The van der Waals surface area contributed by atoms with Crippen molar-refractivity contribution in [3.63, 3.8) is 0 Å². The Kier molecular flexibility index (Phi) is 4.31. The Labute approximate surface area is 87.8 Å². The molecule has 1 amide bonds. The topological polar surface area (TPSA) is 20.3 Å². The summed E-state index contributed by atoms with van der Waals surface area (Å²) in [6.45, 7) is 1.74. The average Bonchev–Trinajstić information content (AvgIpc) is 2.18. The summed E-state index contributed by atoms with van der Waals surface area (Å²) in [6.07, 6.45) is 8.22. The Balaban J connectivity index is 2.31. The zero-order valence-electron chi connectivity index (χ0n) is 7.63. The highest BCUT2D eigenvalue weighted by Gasteiger charge is 2.20. The van der Waals surface area contributed by atoms with Crippen LogP contribution in [0.2, 0.25) is 0 Å². The maximum atomic E-state index is 11.3. The summed E-state index contributed by atoms with van der Waals surface area (Å²) in [7, 11) is 0. The van der Waals surface area contributed by atoms with Crippen LogP contribution in [-0.4, -0.2) is 29.2 Å². The molecule has 1 heterocycles. The van der Waals surface area contributed by atoms with E-state index >= 15 is 0 Å². The molecular formula is C10H14BrNO. The van der Waals surface area contributed by atoms with Gasteiger partial charge in [-0.05, 0) is 18.8 Å². The van der Waals surface area contributed by atoms with E-state index < -0.39 is 0 Å². The quantitative estimate of drug-likeness (QED) is 0.534. The SMILES string of the molecule is C#CCC1CCN(C(=O)CBr)CC1. The molecule has 13 heavy (non-hydrogen) atoms. The fourth-order valence-corrected chi connectivity index (χ4v) is 1.99. The average molecular weight is 244 g/mol. The van der Waals surface area contributed by atoms with E-state index in [4.69, 9.17) is 6.42 Å². The molecular weight excluding hydrogens is 230 g/mol. The summed E-state index contributed by atoms with van der Waals surface area (Å²) >= 11 is 3.17. The fourth-order valence-electron chi connectivity index (χ4n) is 1.64. The first-order valence-corrected chi connectivity index (χ1v) is 5.67. The van der Waals surface area contributed by atoms with E-state index in [0.717, 1.165) is 32.4 Å². The van der Waals surface area contributed by atoms with E-state index in [1.54, 1.807) is 0 Å². The predicted molar refractivity (Wildman–Crippen MR) is 56.5 cm³/mol. The van der Waals surface area contributed by atoms with Crippen molar-refractivity contribution in [1.82, 2.24) is 4.90 Å². The van der Waals surface area contributed by atoms with Crippen LogP contribution in [-0.2, 0) is 4.79 Å². The van der Waals surface area contributed by atoms with Gasteiger partial charge in [0.2, 0.25) is 5.91 Å². The Bertz CT molecular complexity index is 213. The predicted octanol–water partition coefficient (Wildman–Crippen LogP) is 1.64. The summed E-state index contributed by atoms with van der Waals surface area (Å²) in [5.41, 5.74) is 0. The van der Waals surface area contributed by atoms with Crippen LogP contribution < -0.4 is 0 Å². The van der Waals surface area contributed by atoms with Gasteiger partial charge >= 0.3 is 0 Å². The maximum absolute atomic E-state index is 11.3. The van der Waals surface area contributed by atoms with Crippen molar-refractivity contribution in [1.29, 1.82) is 0 Å². The van der Waals surface area contributed by atoms with Crippen LogP contribution in [0.25, 0.3) is 0 Å². The van der Waals surface area contributed by atoms with Crippen molar-refractivity contribution >= 4 is 21.8 Å². The summed E-state index contributed by atoms with van der Waals surface area (Å²) in [5, 5.41) is 0.437. The smallest absolute Gasteiger partial charge is 0.233 e. The molecule has 0 aromatic heterocycles. The van der Waals surface area contributed by atoms with Gasteiger partial charge in [0.15, 0.2) is 0 Å². The van der Waals surface area contributed by atoms with Gasteiger partial charge in [0, 0.05) is 19.5 Å². The van der Waals surface area contributed by atoms with Gasteiger partial charge in [-0.15, -0.1) is 12.3 Å². The van der Waals surface area contributed by atoms with Gasteiger partial charge in [0.1, 0.15) is 0 Å². The number of halogens is 1. The van der Waals surface area contributed by atoms with Crippen molar-refractivity contribution in [3.8, 4) is 12.3 Å². The summed E-state index contributed by atoms with van der Waals surface area (Å²) in [4.78, 5) is 13.2. The molecule has 3 heteroatoms. The lowest BCUT2D eigenvalue weighted by Gasteiger charge is -2.30. The number of carbonyl (C=O) groups excluding carboxylic acids is 1. The normalized spacial score (nSPS) is 18.3. The van der Waals surface area contributed by atoms with Gasteiger partial charge in [-0.2, -0.15) is 0 Å². The largest absolute Gasteiger partial charge is 0.342 e. The molecule has 0 aliphatic carbocycles. The van der Waals surface area contributed by atoms with Crippen LogP contribution in [0, 0.1) is 18.3 Å². The highest BCUT2D eigenvalue weighted by atomic mass is 79.9. The monoisotopic (exact) mass is 243 g/mol. The van der Waals surface area contributed by atoms with Gasteiger partial charge in [-0.1, -0.05) is 15.9 Å². The molecule has 1 rings (SSSR count). The van der Waals surface area contributed by atoms with E-state index in [9.17, 15) is 4.79 Å². The third-order valence-electron chi connectivity index (χ3n) is 2.49. The van der Waals surface area contributed by atoms with E-state index in [2.05, 4.69) is 21.9 Å². The number of hydrogen-bond donors (Lipinski definition) is 0. The summed E-state index contributed by atoms with van der Waals surface area (Å²) in [5.74, 6) is 3.51. The van der Waals surface area contributed by atoms with Crippen molar-refractivity contribution in [2.75, 3.05) is 18.4 Å². The number of rotatable bonds is 2. The lowest BCUT2D eigenvalue weighted by atomic mass is 9.94. The molecule has 0 N–H and O–H groups in total. The maximum Gasteiger partial charge on any atom is 0.233 e. The van der Waals surface area contributed by atoms with Crippen molar-refractivity contribution in [3.05, 3.63) is 0 Å². The Morgan fingerprint density at radius 2 is 2.15 bits per heavy atom. The third-order valence-corrected chi connectivity index (χ3v) is 2.97. The van der Waals surface area contributed by atoms with Crippen LogP contribution in [0.3, 0.4) is 0 Å². The first kappa shape index (κ1) is 10.6. The molecule has 1 aliphatic rings. The van der Waals surface area contributed by atoms with E-state index in [1.807, 2.05) is 4.90 Å². The van der Waals surface area contributed by atoms with Gasteiger partial charge in [0.05, 0.1) is 5.33 Å². The zero-order valence-corrected chi connectivity index (χ0v) is 9.22. The molecule has 0 bridgehead atoms. The minimum absolute atomic E-state index is 0.194. The minimum atomic E-state index is 0.194. The van der Waals surface area contributed by atoms with Gasteiger partial charge in [-0.3, -0.25) is 4.79 Å². The second-order valence-electron chi connectivity index (χ2n) is 3.37.